The molecule has 0 heterocycles. The summed E-state index contributed by atoms with van der Waals surface area (Å²) in [7, 11) is -4.13. The highest BCUT2D eigenvalue weighted by Crippen LogP contribution is 2.12. The summed E-state index contributed by atoms with van der Waals surface area (Å²) in [5.41, 5.74) is 0.530. The minimum Gasteiger partial charge on any atom is -0.748 e. The normalized spacial score (nSPS) is 11.7. The van der Waals surface area contributed by atoms with Crippen LogP contribution in [0.3, 0.4) is 0 Å². The van der Waals surface area contributed by atoms with E-state index in [1.54, 1.807) is 30.3 Å². The van der Waals surface area contributed by atoms with Crippen LogP contribution in [0.25, 0.3) is 0 Å². The van der Waals surface area contributed by atoms with Crippen LogP contribution in [0.1, 0.15) is 58.9 Å². The molecule has 0 amide bonds. The van der Waals surface area contributed by atoms with E-state index in [4.69, 9.17) is 0 Å². The molecule has 0 atom stereocenters. The summed E-state index contributed by atoms with van der Waals surface area (Å²) in [6.45, 7) is 14.8. The molecule has 0 saturated heterocycles. The van der Waals surface area contributed by atoms with Crippen molar-refractivity contribution in [1.82, 2.24) is 0 Å². The van der Waals surface area contributed by atoms with Gasteiger partial charge >= 0.3 is 0 Å². The fourth-order valence-electron chi connectivity index (χ4n) is 3.35. The maximum Gasteiger partial charge on any atom is 0.0988 e. The first-order valence-corrected chi connectivity index (χ1v) is 10.7. The van der Waals surface area contributed by atoms with Crippen molar-refractivity contribution in [3.05, 3.63) is 35.9 Å². The van der Waals surface area contributed by atoms with Crippen LogP contribution < -0.4 is 0 Å². The molecule has 1 aromatic rings. The van der Waals surface area contributed by atoms with Crippen molar-refractivity contribution in [2.24, 2.45) is 0 Å². The van der Waals surface area contributed by atoms with Crippen molar-refractivity contribution in [2.75, 3.05) is 26.2 Å². The van der Waals surface area contributed by atoms with Gasteiger partial charge in [-0.05, 0) is 31.2 Å². The van der Waals surface area contributed by atoms with Gasteiger partial charge in [0.05, 0.1) is 42.1 Å². The Hall–Kier alpha value is -0.910. The Morgan fingerprint density at radius 2 is 1.17 bits per heavy atom. The monoisotopic (exact) mass is 357 g/mol. The summed E-state index contributed by atoms with van der Waals surface area (Å²) in [5, 5.41) is 0. The van der Waals surface area contributed by atoms with Crippen molar-refractivity contribution in [1.29, 1.82) is 0 Å². The van der Waals surface area contributed by atoms with E-state index in [2.05, 4.69) is 27.7 Å². The third-order valence-electron chi connectivity index (χ3n) is 3.98. The highest BCUT2D eigenvalue weighted by Gasteiger charge is 2.22. The molecule has 1 rings (SSSR count). The zero-order valence-electron chi connectivity index (χ0n) is 15.8. The van der Waals surface area contributed by atoms with E-state index < -0.39 is 15.9 Å². The van der Waals surface area contributed by atoms with Gasteiger partial charge in [0.1, 0.15) is 0 Å². The summed E-state index contributed by atoms with van der Waals surface area (Å²) < 4.78 is 32.1. The average molecular weight is 358 g/mol. The van der Waals surface area contributed by atoms with Crippen LogP contribution in [-0.2, 0) is 15.9 Å². The van der Waals surface area contributed by atoms with Gasteiger partial charge in [-0.15, -0.1) is 0 Å². The molecule has 0 N–H and O–H groups in total. The number of benzene rings is 1. The fourth-order valence-corrected chi connectivity index (χ4v) is 3.95. The maximum absolute atomic E-state index is 10.2. The molecule has 0 aromatic heterocycles. The van der Waals surface area contributed by atoms with E-state index in [0.717, 1.165) is 0 Å². The van der Waals surface area contributed by atoms with Crippen LogP contribution >= 0.6 is 0 Å². The molecule has 4 nitrogen and oxygen atoms in total. The van der Waals surface area contributed by atoms with Gasteiger partial charge in [-0.25, -0.2) is 8.42 Å². The first-order chi connectivity index (χ1) is 11.3. The minimum atomic E-state index is -4.13. The molecule has 0 aliphatic heterocycles. The van der Waals surface area contributed by atoms with Gasteiger partial charge in [-0.2, -0.15) is 0 Å². The summed E-state index contributed by atoms with van der Waals surface area (Å²) in [5.74, 6) is -0.423. The largest absolute Gasteiger partial charge is 0.748 e. The second-order valence-electron chi connectivity index (χ2n) is 6.42. The second-order valence-corrected chi connectivity index (χ2v) is 7.83. The Kier molecular flexibility index (Phi) is 12.0. The van der Waals surface area contributed by atoms with Crippen molar-refractivity contribution in [2.45, 2.75) is 59.1 Å². The molecule has 0 fully saturated rings. The van der Waals surface area contributed by atoms with Crippen LogP contribution in [0.2, 0.25) is 0 Å². The molecule has 0 spiro atoms. The van der Waals surface area contributed by atoms with Crippen LogP contribution in [0.4, 0.5) is 0 Å². The van der Waals surface area contributed by atoms with Crippen molar-refractivity contribution in [3.63, 3.8) is 0 Å². The predicted molar refractivity (Wildman–Crippen MR) is 101 cm³/mol. The van der Waals surface area contributed by atoms with Gasteiger partial charge in [0, 0.05) is 0 Å². The van der Waals surface area contributed by atoms with E-state index in [1.165, 1.54) is 56.3 Å². The number of nitrogens with zero attached hydrogens (tertiary/aromatic N) is 1. The number of rotatable bonds is 10. The molecule has 140 valence electrons. The zero-order chi connectivity index (χ0) is 18.5. The Bertz CT molecular complexity index is 485. The van der Waals surface area contributed by atoms with Crippen molar-refractivity contribution >= 4 is 10.1 Å². The summed E-state index contributed by atoms with van der Waals surface area (Å²) in [4.78, 5) is 0. The molecule has 5 heteroatoms. The lowest BCUT2D eigenvalue weighted by molar-refractivity contribution is -0.928. The van der Waals surface area contributed by atoms with Crippen molar-refractivity contribution < 1.29 is 17.5 Å². The molecular formula is C19H35NO3S. The van der Waals surface area contributed by atoms with E-state index >= 15 is 0 Å². The van der Waals surface area contributed by atoms with Crippen LogP contribution in [0.15, 0.2) is 30.3 Å². The number of hydrogen-bond donors (Lipinski definition) is 0. The third-order valence-corrected chi connectivity index (χ3v) is 4.66. The highest BCUT2D eigenvalue weighted by molar-refractivity contribution is 7.84. The lowest BCUT2D eigenvalue weighted by atomic mass is 10.2. The molecule has 0 aliphatic carbocycles. The fraction of sp³-hybridized carbons (Fsp3) is 0.684. The first-order valence-electron chi connectivity index (χ1n) is 9.15. The summed E-state index contributed by atoms with van der Waals surface area (Å²) in [6.07, 6.45) is 5.33. The van der Waals surface area contributed by atoms with E-state index in [0.29, 0.717) is 5.56 Å². The molecule has 1 aromatic carbocycles. The van der Waals surface area contributed by atoms with Crippen LogP contribution in [0, 0.1) is 0 Å². The molecule has 24 heavy (non-hydrogen) atoms. The van der Waals surface area contributed by atoms with Crippen molar-refractivity contribution in [3.8, 4) is 0 Å². The van der Waals surface area contributed by atoms with Gasteiger partial charge < -0.3 is 9.04 Å². The third kappa shape index (κ3) is 10.8. The number of hydrogen-bond acceptors (Lipinski definition) is 3. The molecule has 0 unspecified atom stereocenters. The minimum absolute atomic E-state index is 0.423. The van der Waals surface area contributed by atoms with Gasteiger partial charge in [-0.1, -0.05) is 58.0 Å². The smallest absolute Gasteiger partial charge is 0.0988 e. The number of quaternary nitrogens is 1. The summed E-state index contributed by atoms with van der Waals surface area (Å²) in [6, 6.07) is 8.37. The Labute approximate surface area is 149 Å². The Morgan fingerprint density at radius 3 is 1.46 bits per heavy atom. The van der Waals surface area contributed by atoms with Gasteiger partial charge in [0.2, 0.25) is 0 Å². The Balaban J connectivity index is 0.000000446. The second kappa shape index (κ2) is 12.5. The van der Waals surface area contributed by atoms with Crippen LogP contribution in [-0.4, -0.2) is 43.6 Å². The predicted octanol–water partition coefficient (Wildman–Crippen LogP) is 4.18. The molecule has 0 saturated carbocycles. The van der Waals surface area contributed by atoms with Gasteiger partial charge in [-0.3, -0.25) is 0 Å². The van der Waals surface area contributed by atoms with Gasteiger partial charge in [0.15, 0.2) is 0 Å². The summed E-state index contributed by atoms with van der Waals surface area (Å²) >= 11 is 0. The SMILES string of the molecule is CCC[N+](CCC)(CCC)CCC.O=S(=O)([O-])Cc1ccccc1. The molecular weight excluding hydrogens is 322 g/mol. The first kappa shape index (κ1) is 23.1. The standard InChI is InChI=1S/C12H28N.C7H8O3S/c1-5-9-13(10-6-2,11-7-3)12-8-4;8-11(9,10)6-7-4-2-1-3-5-7/h5-12H2,1-4H3;1-5H,6H2,(H,8,9,10)/q+1;/p-1. The Morgan fingerprint density at radius 1 is 0.792 bits per heavy atom. The van der Waals surface area contributed by atoms with E-state index in [1.807, 2.05) is 0 Å². The average Bonchev–Trinajstić information content (AvgIpc) is 2.48. The molecule has 0 aliphatic rings. The highest BCUT2D eigenvalue weighted by atomic mass is 32.2. The van der Waals surface area contributed by atoms with E-state index in [-0.39, 0.29) is 0 Å². The van der Waals surface area contributed by atoms with Gasteiger partial charge in [0.25, 0.3) is 0 Å². The quantitative estimate of drug-likeness (QED) is 0.466. The molecule has 0 radical (unpaired) electrons. The van der Waals surface area contributed by atoms with Crippen LogP contribution in [0.5, 0.6) is 0 Å². The topological polar surface area (TPSA) is 57.2 Å². The lowest BCUT2D eigenvalue weighted by Crippen LogP contribution is -2.50. The lowest BCUT2D eigenvalue weighted by Gasteiger charge is -2.38. The maximum atomic E-state index is 10.2. The zero-order valence-corrected chi connectivity index (χ0v) is 16.6. The van der Waals surface area contributed by atoms with E-state index in [9.17, 15) is 13.0 Å². The molecule has 0 bridgehead atoms.